The van der Waals surface area contributed by atoms with Gasteiger partial charge in [0.05, 0.1) is 6.61 Å². The van der Waals surface area contributed by atoms with E-state index in [0.29, 0.717) is 12.5 Å². The number of aromatic nitrogens is 2. The zero-order valence-electron chi connectivity index (χ0n) is 10.4. The van der Waals surface area contributed by atoms with Crippen molar-refractivity contribution >= 4 is 5.82 Å². The van der Waals surface area contributed by atoms with Crippen molar-refractivity contribution in [3.05, 3.63) is 12.4 Å². The standard InChI is InChI=1S/C12H20N4O/c1-2-17-12-9-11(14-10-15-12)13-5-8-16-6-3-4-7-16/h9-10H,2-8H2,1H3,(H,13,14,15). The highest BCUT2D eigenvalue weighted by Crippen LogP contribution is 2.11. The molecule has 2 heterocycles. The second-order valence-corrected chi connectivity index (χ2v) is 4.15. The molecule has 1 aliphatic rings. The average molecular weight is 236 g/mol. The van der Waals surface area contributed by atoms with Crippen LogP contribution in [-0.2, 0) is 0 Å². The van der Waals surface area contributed by atoms with Crippen molar-refractivity contribution in [2.45, 2.75) is 19.8 Å². The van der Waals surface area contributed by atoms with Gasteiger partial charge in [0.15, 0.2) is 0 Å². The topological polar surface area (TPSA) is 50.3 Å². The van der Waals surface area contributed by atoms with E-state index in [0.717, 1.165) is 18.9 Å². The summed E-state index contributed by atoms with van der Waals surface area (Å²) in [7, 11) is 0. The van der Waals surface area contributed by atoms with Gasteiger partial charge in [0.1, 0.15) is 12.1 Å². The molecule has 2 rings (SSSR count). The summed E-state index contributed by atoms with van der Waals surface area (Å²) in [5, 5.41) is 3.30. The maximum absolute atomic E-state index is 5.32. The summed E-state index contributed by atoms with van der Waals surface area (Å²) in [5.74, 6) is 1.47. The molecular formula is C12H20N4O. The minimum atomic E-state index is 0.629. The summed E-state index contributed by atoms with van der Waals surface area (Å²) in [6, 6.07) is 1.84. The Morgan fingerprint density at radius 2 is 2.18 bits per heavy atom. The van der Waals surface area contributed by atoms with Crippen LogP contribution in [0.25, 0.3) is 0 Å². The molecule has 0 radical (unpaired) electrons. The number of likely N-dealkylation sites (tertiary alicyclic amines) is 1. The predicted octanol–water partition coefficient (Wildman–Crippen LogP) is 1.38. The summed E-state index contributed by atoms with van der Waals surface area (Å²) in [6.45, 7) is 7.04. The lowest BCUT2D eigenvalue weighted by Crippen LogP contribution is -2.26. The zero-order chi connectivity index (χ0) is 11.9. The minimum absolute atomic E-state index is 0.629. The van der Waals surface area contributed by atoms with Gasteiger partial charge >= 0.3 is 0 Å². The molecule has 1 aromatic heterocycles. The fourth-order valence-corrected chi connectivity index (χ4v) is 2.01. The largest absolute Gasteiger partial charge is 0.478 e. The smallest absolute Gasteiger partial charge is 0.218 e. The lowest BCUT2D eigenvalue weighted by Gasteiger charge is -2.15. The molecule has 0 saturated carbocycles. The van der Waals surface area contributed by atoms with Crippen LogP contribution in [0.4, 0.5) is 5.82 Å². The first kappa shape index (κ1) is 12.1. The van der Waals surface area contributed by atoms with Crippen LogP contribution in [0, 0.1) is 0 Å². The quantitative estimate of drug-likeness (QED) is 0.808. The Hall–Kier alpha value is -1.36. The third-order valence-electron chi connectivity index (χ3n) is 2.87. The number of rotatable bonds is 6. The number of nitrogens with one attached hydrogen (secondary N) is 1. The second-order valence-electron chi connectivity index (χ2n) is 4.15. The van der Waals surface area contributed by atoms with Crippen LogP contribution in [0.3, 0.4) is 0 Å². The van der Waals surface area contributed by atoms with E-state index in [1.165, 1.54) is 32.3 Å². The van der Waals surface area contributed by atoms with Gasteiger partial charge in [-0.15, -0.1) is 0 Å². The van der Waals surface area contributed by atoms with Gasteiger partial charge in [-0.3, -0.25) is 0 Å². The number of anilines is 1. The molecular weight excluding hydrogens is 216 g/mol. The highest BCUT2D eigenvalue weighted by molar-refractivity contribution is 5.36. The molecule has 1 fully saturated rings. The Balaban J connectivity index is 1.75. The maximum Gasteiger partial charge on any atom is 0.218 e. The predicted molar refractivity (Wildman–Crippen MR) is 67.4 cm³/mol. The van der Waals surface area contributed by atoms with Crippen LogP contribution in [0.2, 0.25) is 0 Å². The Morgan fingerprint density at radius 1 is 1.35 bits per heavy atom. The Bertz CT molecular complexity index is 339. The van der Waals surface area contributed by atoms with Crippen molar-refractivity contribution in [3.8, 4) is 5.88 Å². The first-order valence-corrected chi connectivity index (χ1v) is 6.29. The van der Waals surface area contributed by atoms with Crippen molar-refractivity contribution in [2.24, 2.45) is 0 Å². The number of nitrogens with zero attached hydrogens (tertiary/aromatic N) is 3. The first-order chi connectivity index (χ1) is 8.38. The summed E-state index contributed by atoms with van der Waals surface area (Å²) in [5.41, 5.74) is 0. The number of ether oxygens (including phenoxy) is 1. The van der Waals surface area contributed by atoms with E-state index >= 15 is 0 Å². The average Bonchev–Trinajstić information content (AvgIpc) is 2.83. The number of hydrogen-bond acceptors (Lipinski definition) is 5. The monoisotopic (exact) mass is 236 g/mol. The first-order valence-electron chi connectivity index (χ1n) is 6.29. The van der Waals surface area contributed by atoms with Gasteiger partial charge in [-0.2, -0.15) is 0 Å². The normalized spacial score (nSPS) is 16.1. The fourth-order valence-electron chi connectivity index (χ4n) is 2.01. The van der Waals surface area contributed by atoms with Crippen molar-refractivity contribution in [2.75, 3.05) is 38.1 Å². The molecule has 0 unspecified atom stereocenters. The van der Waals surface area contributed by atoms with Gasteiger partial charge in [0.2, 0.25) is 5.88 Å². The van der Waals surface area contributed by atoms with Crippen molar-refractivity contribution < 1.29 is 4.74 Å². The van der Waals surface area contributed by atoms with E-state index in [2.05, 4.69) is 20.2 Å². The minimum Gasteiger partial charge on any atom is -0.478 e. The third-order valence-corrected chi connectivity index (χ3v) is 2.87. The Labute approximate surface area is 102 Å². The van der Waals surface area contributed by atoms with Gasteiger partial charge in [-0.05, 0) is 32.9 Å². The summed E-state index contributed by atoms with van der Waals surface area (Å²) >= 11 is 0. The molecule has 0 atom stereocenters. The second kappa shape index (κ2) is 6.39. The van der Waals surface area contributed by atoms with Crippen molar-refractivity contribution in [3.63, 3.8) is 0 Å². The molecule has 94 valence electrons. The molecule has 1 aliphatic heterocycles. The molecule has 1 aromatic rings. The molecule has 0 aliphatic carbocycles. The van der Waals surface area contributed by atoms with Crippen LogP contribution in [0.5, 0.6) is 5.88 Å². The van der Waals surface area contributed by atoms with Crippen LogP contribution < -0.4 is 10.1 Å². The highest BCUT2D eigenvalue weighted by Gasteiger charge is 2.10. The van der Waals surface area contributed by atoms with Crippen molar-refractivity contribution in [1.29, 1.82) is 0 Å². The Kier molecular flexibility index (Phi) is 4.55. The summed E-state index contributed by atoms with van der Waals surface area (Å²) in [6.07, 6.45) is 4.20. The van der Waals surface area contributed by atoms with E-state index in [4.69, 9.17) is 4.74 Å². The van der Waals surface area contributed by atoms with E-state index in [9.17, 15) is 0 Å². The molecule has 0 bridgehead atoms. The van der Waals surface area contributed by atoms with E-state index in [1.54, 1.807) is 0 Å². The molecule has 0 aromatic carbocycles. The van der Waals surface area contributed by atoms with Crippen LogP contribution in [-0.4, -0.2) is 47.7 Å². The van der Waals surface area contributed by atoms with E-state index < -0.39 is 0 Å². The lowest BCUT2D eigenvalue weighted by molar-refractivity contribution is 0.326. The van der Waals surface area contributed by atoms with Gasteiger partial charge in [0.25, 0.3) is 0 Å². The molecule has 17 heavy (non-hydrogen) atoms. The summed E-state index contributed by atoms with van der Waals surface area (Å²) in [4.78, 5) is 10.7. The van der Waals surface area contributed by atoms with Gasteiger partial charge < -0.3 is 15.0 Å². The van der Waals surface area contributed by atoms with Gasteiger partial charge in [-0.1, -0.05) is 0 Å². The van der Waals surface area contributed by atoms with Crippen molar-refractivity contribution in [1.82, 2.24) is 14.9 Å². The number of hydrogen-bond donors (Lipinski definition) is 1. The highest BCUT2D eigenvalue weighted by atomic mass is 16.5. The lowest BCUT2D eigenvalue weighted by atomic mass is 10.4. The maximum atomic E-state index is 5.32. The SMILES string of the molecule is CCOc1cc(NCCN2CCCC2)ncn1. The van der Waals surface area contributed by atoms with Crippen LogP contribution >= 0.6 is 0 Å². The molecule has 1 saturated heterocycles. The van der Waals surface area contributed by atoms with Gasteiger partial charge in [0, 0.05) is 19.2 Å². The fraction of sp³-hybridized carbons (Fsp3) is 0.667. The molecule has 5 heteroatoms. The third kappa shape index (κ3) is 3.85. The van der Waals surface area contributed by atoms with Crippen LogP contribution in [0.15, 0.2) is 12.4 Å². The molecule has 1 N–H and O–H groups in total. The van der Waals surface area contributed by atoms with Gasteiger partial charge in [-0.25, -0.2) is 9.97 Å². The molecule has 0 amide bonds. The Morgan fingerprint density at radius 3 is 2.94 bits per heavy atom. The van der Waals surface area contributed by atoms with E-state index in [1.807, 2.05) is 13.0 Å². The zero-order valence-corrected chi connectivity index (χ0v) is 10.4. The van der Waals surface area contributed by atoms with Crippen LogP contribution in [0.1, 0.15) is 19.8 Å². The molecule has 0 spiro atoms. The molecule has 5 nitrogen and oxygen atoms in total. The summed E-state index contributed by atoms with van der Waals surface area (Å²) < 4.78 is 5.32. The van der Waals surface area contributed by atoms with E-state index in [-0.39, 0.29) is 0 Å².